The van der Waals surface area contributed by atoms with Crippen LogP contribution in [0.5, 0.6) is 5.75 Å². The summed E-state index contributed by atoms with van der Waals surface area (Å²) < 4.78 is 7.35. The van der Waals surface area contributed by atoms with Gasteiger partial charge in [-0.1, -0.05) is 30.0 Å². The first-order chi connectivity index (χ1) is 13.6. The molecule has 28 heavy (non-hydrogen) atoms. The Labute approximate surface area is 170 Å². The third kappa shape index (κ3) is 3.93. The quantitative estimate of drug-likeness (QED) is 0.360. The van der Waals surface area contributed by atoms with Crippen molar-refractivity contribution in [3.8, 4) is 28.2 Å². The van der Waals surface area contributed by atoms with Gasteiger partial charge in [-0.15, -0.1) is 21.5 Å². The van der Waals surface area contributed by atoms with Crippen molar-refractivity contribution in [3.63, 3.8) is 0 Å². The van der Waals surface area contributed by atoms with Gasteiger partial charge < -0.3 is 10.5 Å². The molecule has 0 aliphatic heterocycles. The number of nitrogens with two attached hydrogens (primary N) is 1. The summed E-state index contributed by atoms with van der Waals surface area (Å²) >= 11 is 2.74. The summed E-state index contributed by atoms with van der Waals surface area (Å²) in [5, 5.41) is 20.2. The number of rotatable bonds is 7. The van der Waals surface area contributed by atoms with Crippen LogP contribution in [0.2, 0.25) is 0 Å². The van der Waals surface area contributed by atoms with Crippen LogP contribution < -0.4 is 10.5 Å². The summed E-state index contributed by atoms with van der Waals surface area (Å²) in [4.78, 5) is 13.3. The number of ether oxygens (including phenoxy) is 1. The standard InChI is InChI=1S/C19H17N5O2S2/c1-12(21)13(10-20)15(25)11-28-19-23-22-18(17-8-5-9-27-17)24(19)14-6-3-4-7-16(14)26-2/h3-9H,11,21H2,1-2H3. The number of para-hydroxylation sites is 2. The zero-order chi connectivity index (χ0) is 20.1. The van der Waals surface area contributed by atoms with Crippen molar-refractivity contribution >= 4 is 28.9 Å². The van der Waals surface area contributed by atoms with E-state index in [1.54, 1.807) is 18.4 Å². The first kappa shape index (κ1) is 19.7. The van der Waals surface area contributed by atoms with Crippen LogP contribution in [0.15, 0.2) is 58.2 Å². The number of thioether (sulfide) groups is 1. The lowest BCUT2D eigenvalue weighted by Crippen LogP contribution is -2.11. The molecule has 1 aromatic carbocycles. The number of hydrogen-bond acceptors (Lipinski definition) is 8. The average Bonchev–Trinajstić information content (AvgIpc) is 3.36. The largest absolute Gasteiger partial charge is 0.495 e. The predicted molar refractivity (Wildman–Crippen MR) is 109 cm³/mol. The molecule has 0 aliphatic carbocycles. The molecule has 0 amide bonds. The van der Waals surface area contributed by atoms with Crippen molar-refractivity contribution in [2.75, 3.05) is 12.9 Å². The van der Waals surface area contributed by atoms with Crippen molar-refractivity contribution in [1.29, 1.82) is 5.26 Å². The maximum Gasteiger partial charge on any atom is 0.196 e. The number of Topliss-reactive ketones (excluding diaryl/α,β-unsaturated/α-hetero) is 1. The molecule has 2 heterocycles. The summed E-state index contributed by atoms with van der Waals surface area (Å²) in [6.45, 7) is 1.54. The van der Waals surface area contributed by atoms with Gasteiger partial charge in [0.25, 0.3) is 0 Å². The fourth-order valence-electron chi connectivity index (χ4n) is 2.53. The van der Waals surface area contributed by atoms with E-state index in [1.807, 2.05) is 52.4 Å². The van der Waals surface area contributed by atoms with Crippen LogP contribution in [0.1, 0.15) is 6.92 Å². The Bertz CT molecular complexity index is 1060. The van der Waals surface area contributed by atoms with E-state index < -0.39 is 0 Å². The lowest BCUT2D eigenvalue weighted by molar-refractivity contribution is -0.112. The molecule has 7 nitrogen and oxygen atoms in total. The minimum atomic E-state index is -0.347. The maximum absolute atomic E-state index is 12.3. The van der Waals surface area contributed by atoms with Gasteiger partial charge in [-0.2, -0.15) is 5.26 Å². The first-order valence-corrected chi connectivity index (χ1v) is 10.1. The molecule has 0 atom stereocenters. The topological polar surface area (TPSA) is 107 Å². The molecule has 0 unspecified atom stereocenters. The van der Waals surface area contributed by atoms with E-state index in [0.29, 0.717) is 16.7 Å². The third-order valence-corrected chi connectivity index (χ3v) is 5.61. The van der Waals surface area contributed by atoms with Gasteiger partial charge in [-0.05, 0) is 30.5 Å². The first-order valence-electron chi connectivity index (χ1n) is 8.22. The summed E-state index contributed by atoms with van der Waals surface area (Å²) in [6, 6.07) is 13.3. The van der Waals surface area contributed by atoms with Gasteiger partial charge in [0.05, 0.1) is 23.4 Å². The number of thiophene rings is 1. The molecule has 0 saturated carbocycles. The van der Waals surface area contributed by atoms with Crippen LogP contribution in [0, 0.1) is 11.3 Å². The van der Waals surface area contributed by atoms with Gasteiger partial charge >= 0.3 is 0 Å². The van der Waals surface area contributed by atoms with Gasteiger partial charge in [-0.3, -0.25) is 9.36 Å². The number of carbonyl (C=O) groups is 1. The van der Waals surface area contributed by atoms with Crippen LogP contribution in [0.4, 0.5) is 0 Å². The third-order valence-electron chi connectivity index (χ3n) is 3.82. The SMILES string of the molecule is COc1ccccc1-n1c(SCC(=O)C(C#N)=C(C)N)nnc1-c1cccs1. The number of benzene rings is 1. The van der Waals surface area contributed by atoms with Gasteiger partial charge in [-0.25, -0.2) is 0 Å². The van der Waals surface area contributed by atoms with Crippen LogP contribution >= 0.6 is 23.1 Å². The van der Waals surface area contributed by atoms with Crippen molar-refractivity contribution in [3.05, 3.63) is 53.0 Å². The molecule has 0 aliphatic rings. The van der Waals surface area contributed by atoms with Gasteiger partial charge in [0.15, 0.2) is 16.8 Å². The van der Waals surface area contributed by atoms with Gasteiger partial charge in [0.2, 0.25) is 0 Å². The Morgan fingerprint density at radius 2 is 2.11 bits per heavy atom. The van der Waals surface area contributed by atoms with Gasteiger partial charge in [0.1, 0.15) is 17.4 Å². The van der Waals surface area contributed by atoms with Crippen molar-refractivity contribution in [1.82, 2.24) is 14.8 Å². The number of aromatic nitrogens is 3. The van der Waals surface area contributed by atoms with E-state index >= 15 is 0 Å². The van der Waals surface area contributed by atoms with E-state index in [0.717, 1.165) is 10.6 Å². The number of carbonyl (C=O) groups excluding carboxylic acids is 1. The smallest absolute Gasteiger partial charge is 0.196 e. The summed E-state index contributed by atoms with van der Waals surface area (Å²) in [6.07, 6.45) is 0. The molecule has 0 radical (unpaired) electrons. The van der Waals surface area contributed by atoms with E-state index in [2.05, 4.69) is 10.2 Å². The fourth-order valence-corrected chi connectivity index (χ4v) is 4.05. The summed E-state index contributed by atoms with van der Waals surface area (Å²) in [5.41, 5.74) is 6.56. The molecule has 0 spiro atoms. The van der Waals surface area contributed by atoms with Crippen molar-refractivity contribution in [2.45, 2.75) is 12.1 Å². The molecule has 9 heteroatoms. The zero-order valence-corrected chi connectivity index (χ0v) is 16.9. The molecular weight excluding hydrogens is 394 g/mol. The Morgan fingerprint density at radius 3 is 2.75 bits per heavy atom. The Balaban J connectivity index is 2.02. The lowest BCUT2D eigenvalue weighted by atomic mass is 10.2. The second-order valence-corrected chi connectivity index (χ2v) is 7.56. The van der Waals surface area contributed by atoms with E-state index in [9.17, 15) is 4.79 Å². The van der Waals surface area contributed by atoms with E-state index in [4.69, 9.17) is 15.7 Å². The molecule has 0 bridgehead atoms. The fraction of sp³-hybridized carbons (Fsp3) is 0.158. The highest BCUT2D eigenvalue weighted by Gasteiger charge is 2.21. The molecule has 142 valence electrons. The van der Waals surface area contributed by atoms with Crippen molar-refractivity contribution in [2.24, 2.45) is 5.73 Å². The molecule has 2 N–H and O–H groups in total. The number of allylic oxidation sites excluding steroid dienone is 2. The Kier molecular flexibility index (Phi) is 6.13. The number of ketones is 1. The number of hydrogen-bond donors (Lipinski definition) is 1. The molecular formula is C19H17N5O2S2. The monoisotopic (exact) mass is 411 g/mol. The lowest BCUT2D eigenvalue weighted by Gasteiger charge is -2.13. The molecule has 3 aromatic rings. The highest BCUT2D eigenvalue weighted by atomic mass is 32.2. The number of nitriles is 1. The Hall–Kier alpha value is -3.09. The van der Waals surface area contributed by atoms with E-state index in [-0.39, 0.29) is 22.8 Å². The van der Waals surface area contributed by atoms with E-state index in [1.165, 1.54) is 18.7 Å². The molecule has 2 aromatic heterocycles. The average molecular weight is 412 g/mol. The minimum absolute atomic E-state index is 0.0230. The molecule has 3 rings (SSSR count). The highest BCUT2D eigenvalue weighted by Crippen LogP contribution is 2.34. The predicted octanol–water partition coefficient (Wildman–Crippen LogP) is 3.42. The molecule has 0 fully saturated rings. The minimum Gasteiger partial charge on any atom is -0.495 e. The van der Waals surface area contributed by atoms with Gasteiger partial charge in [0, 0.05) is 5.70 Å². The summed E-state index contributed by atoms with van der Waals surface area (Å²) in [7, 11) is 1.60. The van der Waals surface area contributed by atoms with Crippen LogP contribution in [0.25, 0.3) is 16.4 Å². The van der Waals surface area contributed by atoms with Crippen LogP contribution in [-0.4, -0.2) is 33.4 Å². The Morgan fingerprint density at radius 1 is 1.32 bits per heavy atom. The molecule has 0 saturated heterocycles. The number of nitrogens with zero attached hydrogens (tertiary/aromatic N) is 4. The van der Waals surface area contributed by atoms with Crippen LogP contribution in [-0.2, 0) is 4.79 Å². The normalized spacial score (nSPS) is 11.6. The second-order valence-electron chi connectivity index (χ2n) is 5.67. The number of methoxy groups -OCH3 is 1. The van der Waals surface area contributed by atoms with Crippen LogP contribution in [0.3, 0.4) is 0 Å². The zero-order valence-electron chi connectivity index (χ0n) is 15.2. The maximum atomic E-state index is 12.3. The highest BCUT2D eigenvalue weighted by molar-refractivity contribution is 7.99. The van der Waals surface area contributed by atoms with Crippen molar-refractivity contribution < 1.29 is 9.53 Å². The second kappa shape index (κ2) is 8.73. The summed E-state index contributed by atoms with van der Waals surface area (Å²) in [5.74, 6) is 0.985.